The molecule has 2 amide bonds. The maximum Gasteiger partial charge on any atom is 0.422 e. The van der Waals surface area contributed by atoms with Crippen LogP contribution >= 0.6 is 11.6 Å². The summed E-state index contributed by atoms with van der Waals surface area (Å²) >= 11 is 5.83. The first-order chi connectivity index (χ1) is 12.7. The second-order valence-corrected chi connectivity index (χ2v) is 5.85. The number of halogens is 4. The van der Waals surface area contributed by atoms with E-state index in [1.54, 1.807) is 41.3 Å². The molecular formula is C16H16ClF3N4O3. The van der Waals surface area contributed by atoms with Crippen molar-refractivity contribution in [2.75, 3.05) is 13.2 Å². The summed E-state index contributed by atoms with van der Waals surface area (Å²) in [5.74, 6) is -0.384. The molecule has 2 N–H and O–H groups in total. The zero-order valence-electron chi connectivity index (χ0n) is 13.9. The summed E-state index contributed by atoms with van der Waals surface area (Å²) in [5.41, 5.74) is 1.55. The van der Waals surface area contributed by atoms with Gasteiger partial charge in [-0.25, -0.2) is 9.48 Å². The number of nitrogens with zero attached hydrogens (tertiary/aromatic N) is 2. The lowest BCUT2D eigenvalue weighted by Gasteiger charge is -2.09. The van der Waals surface area contributed by atoms with E-state index in [4.69, 9.17) is 11.6 Å². The van der Waals surface area contributed by atoms with Gasteiger partial charge < -0.3 is 15.4 Å². The van der Waals surface area contributed by atoms with Crippen molar-refractivity contribution in [3.05, 3.63) is 47.2 Å². The van der Waals surface area contributed by atoms with Crippen LogP contribution in [0.1, 0.15) is 12.0 Å². The van der Waals surface area contributed by atoms with Crippen LogP contribution in [0.2, 0.25) is 5.02 Å². The number of ether oxygens (including phenoxy) is 1. The SMILES string of the molecule is O=C(CCNC(=O)OCC(F)(F)F)NCc1cnn(-c2ccc(Cl)cc2)c1. The minimum atomic E-state index is -4.59. The third-order valence-corrected chi connectivity index (χ3v) is 3.46. The normalized spacial score (nSPS) is 11.1. The van der Waals surface area contributed by atoms with Gasteiger partial charge in [0.25, 0.3) is 0 Å². The van der Waals surface area contributed by atoms with Gasteiger partial charge in [-0.05, 0) is 24.3 Å². The summed E-state index contributed by atoms with van der Waals surface area (Å²) in [4.78, 5) is 22.7. The highest BCUT2D eigenvalue weighted by Crippen LogP contribution is 2.14. The fourth-order valence-corrected chi connectivity index (χ4v) is 2.08. The maximum atomic E-state index is 11.9. The van der Waals surface area contributed by atoms with Gasteiger partial charge in [-0.2, -0.15) is 18.3 Å². The van der Waals surface area contributed by atoms with Crippen molar-refractivity contribution in [1.82, 2.24) is 20.4 Å². The molecule has 0 radical (unpaired) electrons. The van der Waals surface area contributed by atoms with Crippen molar-refractivity contribution in [3.63, 3.8) is 0 Å². The van der Waals surface area contributed by atoms with Crippen LogP contribution in [-0.2, 0) is 16.1 Å². The zero-order valence-corrected chi connectivity index (χ0v) is 14.7. The fraction of sp³-hybridized carbons (Fsp3) is 0.312. The van der Waals surface area contributed by atoms with Crippen LogP contribution in [-0.4, -0.2) is 41.1 Å². The first-order valence-electron chi connectivity index (χ1n) is 7.76. The molecule has 0 fully saturated rings. The Balaban J connectivity index is 1.69. The van der Waals surface area contributed by atoms with Crippen molar-refractivity contribution in [3.8, 4) is 5.69 Å². The van der Waals surface area contributed by atoms with Crippen LogP contribution in [0.4, 0.5) is 18.0 Å². The molecule has 146 valence electrons. The molecule has 0 unspecified atom stereocenters. The summed E-state index contributed by atoms with van der Waals surface area (Å²) in [7, 11) is 0. The zero-order chi connectivity index (χ0) is 19.9. The van der Waals surface area contributed by atoms with Gasteiger partial charge in [0.1, 0.15) is 0 Å². The van der Waals surface area contributed by atoms with Crippen molar-refractivity contribution >= 4 is 23.6 Å². The number of alkyl carbamates (subject to hydrolysis) is 1. The first kappa shape index (κ1) is 20.6. The first-order valence-corrected chi connectivity index (χ1v) is 8.14. The predicted molar refractivity (Wildman–Crippen MR) is 90.4 cm³/mol. The van der Waals surface area contributed by atoms with E-state index in [-0.39, 0.29) is 25.4 Å². The number of alkyl halides is 3. The standard InChI is InChI=1S/C16H16ClF3N4O3/c17-12-1-3-13(4-2-12)24-9-11(8-23-24)7-22-14(25)5-6-21-15(26)27-10-16(18,19)20/h1-4,8-9H,5-7,10H2,(H,21,26)(H,22,25). The van der Waals surface area contributed by atoms with Gasteiger partial charge in [0.2, 0.25) is 5.91 Å². The van der Waals surface area contributed by atoms with Crippen molar-refractivity contribution in [2.24, 2.45) is 0 Å². The number of carbonyl (C=O) groups is 2. The molecule has 0 saturated heterocycles. The van der Waals surface area contributed by atoms with E-state index in [1.165, 1.54) is 0 Å². The molecule has 27 heavy (non-hydrogen) atoms. The second kappa shape index (κ2) is 9.26. The number of rotatable bonds is 7. The summed E-state index contributed by atoms with van der Waals surface area (Å²) < 4.78 is 41.2. The highest BCUT2D eigenvalue weighted by molar-refractivity contribution is 6.30. The van der Waals surface area contributed by atoms with Crippen molar-refractivity contribution in [1.29, 1.82) is 0 Å². The van der Waals surface area contributed by atoms with Crippen molar-refractivity contribution in [2.45, 2.75) is 19.1 Å². The molecule has 1 heterocycles. The molecule has 0 spiro atoms. The highest BCUT2D eigenvalue weighted by Gasteiger charge is 2.29. The second-order valence-electron chi connectivity index (χ2n) is 5.41. The third-order valence-electron chi connectivity index (χ3n) is 3.21. The van der Waals surface area contributed by atoms with Gasteiger partial charge in [0.05, 0.1) is 11.9 Å². The summed E-state index contributed by atoms with van der Waals surface area (Å²) in [6, 6.07) is 7.04. The van der Waals surface area contributed by atoms with Gasteiger partial charge in [0.15, 0.2) is 6.61 Å². The number of benzene rings is 1. The molecular weight excluding hydrogens is 389 g/mol. The fourth-order valence-electron chi connectivity index (χ4n) is 1.95. The van der Waals surface area contributed by atoms with E-state index < -0.39 is 18.9 Å². The lowest BCUT2D eigenvalue weighted by Crippen LogP contribution is -2.32. The molecule has 2 aromatic rings. The Bertz CT molecular complexity index is 778. The van der Waals surface area contributed by atoms with Gasteiger partial charge in [-0.15, -0.1) is 0 Å². The highest BCUT2D eigenvalue weighted by atomic mass is 35.5. The monoisotopic (exact) mass is 404 g/mol. The quantitative estimate of drug-likeness (QED) is 0.743. The molecule has 2 rings (SSSR count). The summed E-state index contributed by atoms with van der Waals surface area (Å²) in [6.45, 7) is -1.61. The number of hydrogen-bond acceptors (Lipinski definition) is 4. The Morgan fingerprint density at radius 1 is 1.19 bits per heavy atom. The minimum Gasteiger partial charge on any atom is -0.440 e. The Labute approximate surface area is 157 Å². The molecule has 7 nitrogen and oxygen atoms in total. The van der Waals surface area contributed by atoms with Crippen LogP contribution in [0.15, 0.2) is 36.7 Å². The molecule has 0 bridgehead atoms. The molecule has 11 heteroatoms. The van der Waals surface area contributed by atoms with Crippen molar-refractivity contribution < 1.29 is 27.5 Å². The third kappa shape index (κ3) is 7.57. The molecule has 0 aliphatic heterocycles. The smallest absolute Gasteiger partial charge is 0.422 e. The van der Waals surface area contributed by atoms with Crippen LogP contribution in [0.5, 0.6) is 0 Å². The van der Waals surface area contributed by atoms with Gasteiger partial charge >= 0.3 is 12.3 Å². The average Bonchev–Trinajstić information content (AvgIpc) is 3.07. The van der Waals surface area contributed by atoms with E-state index in [2.05, 4.69) is 20.5 Å². The number of aromatic nitrogens is 2. The van der Waals surface area contributed by atoms with Crippen LogP contribution < -0.4 is 10.6 Å². The Morgan fingerprint density at radius 2 is 1.89 bits per heavy atom. The summed E-state index contributed by atoms with van der Waals surface area (Å²) in [5, 5.41) is 9.46. The Morgan fingerprint density at radius 3 is 2.56 bits per heavy atom. The lowest BCUT2D eigenvalue weighted by molar-refractivity contribution is -0.160. The molecule has 1 aromatic heterocycles. The van der Waals surface area contributed by atoms with Crippen LogP contribution in [0.3, 0.4) is 0 Å². The molecule has 0 saturated carbocycles. The number of nitrogens with one attached hydrogen (secondary N) is 2. The van der Waals surface area contributed by atoms with E-state index in [0.717, 1.165) is 11.3 Å². The number of hydrogen-bond donors (Lipinski definition) is 2. The Kier molecular flexibility index (Phi) is 7.05. The van der Waals surface area contributed by atoms with E-state index in [1.807, 2.05) is 0 Å². The summed E-state index contributed by atoms with van der Waals surface area (Å²) in [6.07, 6.45) is -2.61. The van der Waals surface area contributed by atoms with Gasteiger partial charge in [0, 0.05) is 36.3 Å². The minimum absolute atomic E-state index is 0.105. The largest absolute Gasteiger partial charge is 0.440 e. The van der Waals surface area contributed by atoms with E-state index >= 15 is 0 Å². The molecule has 0 atom stereocenters. The Hall–Kier alpha value is -2.75. The van der Waals surface area contributed by atoms with Crippen LogP contribution in [0.25, 0.3) is 5.69 Å². The van der Waals surface area contributed by atoms with E-state index in [9.17, 15) is 22.8 Å². The topological polar surface area (TPSA) is 85.2 Å². The molecule has 0 aliphatic rings. The molecule has 1 aromatic carbocycles. The van der Waals surface area contributed by atoms with Gasteiger partial charge in [-0.1, -0.05) is 11.6 Å². The van der Waals surface area contributed by atoms with Gasteiger partial charge in [-0.3, -0.25) is 4.79 Å². The number of carbonyl (C=O) groups excluding carboxylic acids is 2. The number of amides is 2. The molecule has 0 aliphatic carbocycles. The lowest BCUT2D eigenvalue weighted by atomic mass is 10.3. The predicted octanol–water partition coefficient (Wildman–Crippen LogP) is 2.82. The van der Waals surface area contributed by atoms with E-state index in [0.29, 0.717) is 5.02 Å². The average molecular weight is 405 g/mol. The maximum absolute atomic E-state index is 11.9. The van der Waals surface area contributed by atoms with Crippen LogP contribution in [0, 0.1) is 0 Å².